The second-order valence-corrected chi connectivity index (χ2v) is 5.47. The molecule has 1 saturated heterocycles. The zero-order chi connectivity index (χ0) is 15.9. The molecule has 1 fully saturated rings. The van der Waals surface area contributed by atoms with Crippen molar-refractivity contribution in [1.82, 2.24) is 15.3 Å². The molecule has 0 spiro atoms. The van der Waals surface area contributed by atoms with Crippen LogP contribution in [-0.4, -0.2) is 48.9 Å². The smallest absolute Gasteiger partial charge is 0.258 e. The molecule has 1 N–H and O–H groups in total. The lowest BCUT2D eigenvalue weighted by Gasteiger charge is -2.29. The minimum absolute atomic E-state index is 0.117. The third-order valence-corrected chi connectivity index (χ3v) is 3.60. The predicted molar refractivity (Wildman–Crippen MR) is 89.1 cm³/mol. The summed E-state index contributed by atoms with van der Waals surface area (Å²) in [6, 6.07) is 9.73. The van der Waals surface area contributed by atoms with Crippen molar-refractivity contribution in [2.75, 3.05) is 37.7 Å². The second-order valence-electron chi connectivity index (χ2n) is 5.47. The van der Waals surface area contributed by atoms with E-state index in [1.807, 2.05) is 37.3 Å². The van der Waals surface area contributed by atoms with Gasteiger partial charge in [0, 0.05) is 38.6 Å². The molecule has 6 nitrogen and oxygen atoms in total. The average molecular weight is 314 g/mol. The van der Waals surface area contributed by atoms with Crippen molar-refractivity contribution in [3.8, 4) is 11.6 Å². The Labute approximate surface area is 136 Å². The van der Waals surface area contributed by atoms with E-state index in [4.69, 9.17) is 9.47 Å². The number of nitrogens with zero attached hydrogens (tertiary/aromatic N) is 3. The van der Waals surface area contributed by atoms with Gasteiger partial charge in [-0.05, 0) is 19.1 Å². The van der Waals surface area contributed by atoms with Crippen molar-refractivity contribution in [3.05, 3.63) is 42.7 Å². The molecule has 0 amide bonds. The molecule has 1 aromatic heterocycles. The van der Waals surface area contributed by atoms with E-state index in [0.29, 0.717) is 12.5 Å². The average Bonchev–Trinajstić information content (AvgIpc) is 2.62. The number of anilines is 1. The van der Waals surface area contributed by atoms with Crippen LogP contribution in [0.2, 0.25) is 0 Å². The first-order chi connectivity index (χ1) is 11.3. The van der Waals surface area contributed by atoms with Crippen molar-refractivity contribution in [2.45, 2.75) is 13.0 Å². The lowest BCUT2D eigenvalue weighted by atomic mass is 10.3. The Morgan fingerprint density at radius 2 is 1.87 bits per heavy atom. The lowest BCUT2D eigenvalue weighted by Crippen LogP contribution is -2.44. The number of ether oxygens (including phenoxy) is 2. The van der Waals surface area contributed by atoms with Crippen molar-refractivity contribution < 1.29 is 9.47 Å². The molecule has 122 valence electrons. The Balaban J connectivity index is 1.60. The minimum Gasteiger partial charge on any atom is -0.490 e. The zero-order valence-corrected chi connectivity index (χ0v) is 13.3. The van der Waals surface area contributed by atoms with Gasteiger partial charge in [0.1, 0.15) is 18.5 Å². The summed E-state index contributed by atoms with van der Waals surface area (Å²) in [6.45, 7) is 6.14. The largest absolute Gasteiger partial charge is 0.490 e. The predicted octanol–water partition coefficient (Wildman–Crippen LogP) is 1.73. The van der Waals surface area contributed by atoms with E-state index in [2.05, 4.69) is 20.2 Å². The number of para-hydroxylation sites is 1. The summed E-state index contributed by atoms with van der Waals surface area (Å²) in [5.41, 5.74) is 0. The van der Waals surface area contributed by atoms with Gasteiger partial charge in [-0.25, -0.2) is 9.97 Å². The molecule has 1 aromatic carbocycles. The van der Waals surface area contributed by atoms with Gasteiger partial charge < -0.3 is 19.7 Å². The first kappa shape index (κ1) is 15.6. The third kappa shape index (κ3) is 4.32. The molecule has 23 heavy (non-hydrogen) atoms. The maximum Gasteiger partial charge on any atom is 0.258 e. The maximum absolute atomic E-state index is 5.96. The molecule has 2 aromatic rings. The summed E-state index contributed by atoms with van der Waals surface area (Å²) in [5.74, 6) is 2.21. The fourth-order valence-electron chi connectivity index (χ4n) is 2.45. The summed E-state index contributed by atoms with van der Waals surface area (Å²) >= 11 is 0. The van der Waals surface area contributed by atoms with Crippen molar-refractivity contribution in [2.24, 2.45) is 0 Å². The molecule has 0 aliphatic carbocycles. The molecule has 6 heteroatoms. The van der Waals surface area contributed by atoms with Gasteiger partial charge in [0.25, 0.3) is 5.88 Å². The van der Waals surface area contributed by atoms with E-state index in [-0.39, 0.29) is 6.10 Å². The van der Waals surface area contributed by atoms with Gasteiger partial charge in [-0.15, -0.1) is 0 Å². The van der Waals surface area contributed by atoms with Gasteiger partial charge in [0.05, 0.1) is 0 Å². The number of nitrogens with one attached hydrogen (secondary N) is 1. The fourth-order valence-corrected chi connectivity index (χ4v) is 2.45. The molecule has 1 unspecified atom stereocenters. The van der Waals surface area contributed by atoms with Crippen molar-refractivity contribution >= 4 is 5.82 Å². The van der Waals surface area contributed by atoms with Crippen molar-refractivity contribution in [3.63, 3.8) is 0 Å². The highest BCUT2D eigenvalue weighted by atomic mass is 16.5. The van der Waals surface area contributed by atoms with Gasteiger partial charge in [-0.1, -0.05) is 18.2 Å². The third-order valence-electron chi connectivity index (χ3n) is 3.60. The maximum atomic E-state index is 5.96. The molecule has 0 saturated carbocycles. The minimum atomic E-state index is -0.117. The SMILES string of the molecule is CC(COc1ccccc1)Oc1nccnc1N1CCNCC1. The van der Waals surface area contributed by atoms with E-state index >= 15 is 0 Å². The van der Waals surface area contributed by atoms with E-state index in [0.717, 1.165) is 37.7 Å². The van der Waals surface area contributed by atoms with Crippen molar-refractivity contribution in [1.29, 1.82) is 0 Å². The zero-order valence-electron chi connectivity index (χ0n) is 13.3. The molecular weight excluding hydrogens is 292 g/mol. The van der Waals surface area contributed by atoms with Crippen LogP contribution >= 0.6 is 0 Å². The normalized spacial score (nSPS) is 16.0. The molecule has 1 aliphatic heterocycles. The molecule has 3 rings (SSSR count). The van der Waals surface area contributed by atoms with E-state index < -0.39 is 0 Å². The van der Waals surface area contributed by atoms with Crippen LogP contribution in [0.15, 0.2) is 42.7 Å². The van der Waals surface area contributed by atoms with Crippen LogP contribution in [-0.2, 0) is 0 Å². The first-order valence-corrected chi connectivity index (χ1v) is 7.94. The van der Waals surface area contributed by atoms with Gasteiger partial charge in [-0.2, -0.15) is 0 Å². The monoisotopic (exact) mass is 314 g/mol. The molecule has 2 heterocycles. The number of aromatic nitrogens is 2. The topological polar surface area (TPSA) is 59.5 Å². The van der Waals surface area contributed by atoms with Crippen LogP contribution in [0, 0.1) is 0 Å². The number of rotatable bonds is 6. The molecule has 1 atom stereocenters. The Hall–Kier alpha value is -2.34. The van der Waals surface area contributed by atoms with E-state index in [1.54, 1.807) is 12.4 Å². The standard InChI is InChI=1S/C17H22N4O2/c1-14(13-22-15-5-3-2-4-6-15)23-17-16(19-7-8-20-17)21-11-9-18-10-12-21/h2-8,14,18H,9-13H2,1H3. The summed E-state index contributed by atoms with van der Waals surface area (Å²) in [7, 11) is 0. The highest BCUT2D eigenvalue weighted by Crippen LogP contribution is 2.24. The first-order valence-electron chi connectivity index (χ1n) is 7.94. The molecule has 0 radical (unpaired) electrons. The highest BCUT2D eigenvalue weighted by Gasteiger charge is 2.19. The van der Waals surface area contributed by atoms with Crippen LogP contribution in [0.5, 0.6) is 11.6 Å². The number of piperazine rings is 1. The highest BCUT2D eigenvalue weighted by molar-refractivity contribution is 5.48. The number of hydrogen-bond acceptors (Lipinski definition) is 6. The van der Waals surface area contributed by atoms with Crippen LogP contribution in [0.4, 0.5) is 5.82 Å². The fraction of sp³-hybridized carbons (Fsp3) is 0.412. The summed E-state index contributed by atoms with van der Waals surface area (Å²) in [4.78, 5) is 11.0. The molecule has 1 aliphatic rings. The lowest BCUT2D eigenvalue weighted by molar-refractivity contribution is 0.138. The van der Waals surface area contributed by atoms with Crippen LogP contribution in [0.25, 0.3) is 0 Å². The van der Waals surface area contributed by atoms with Crippen LogP contribution in [0.1, 0.15) is 6.92 Å². The summed E-state index contributed by atoms with van der Waals surface area (Å²) < 4.78 is 11.7. The van der Waals surface area contributed by atoms with E-state index in [1.165, 1.54) is 0 Å². The Bertz CT molecular complexity index is 603. The molecule has 0 bridgehead atoms. The van der Waals surface area contributed by atoms with Crippen LogP contribution in [0.3, 0.4) is 0 Å². The van der Waals surface area contributed by atoms with Gasteiger partial charge in [0.15, 0.2) is 5.82 Å². The number of hydrogen-bond donors (Lipinski definition) is 1. The van der Waals surface area contributed by atoms with Gasteiger partial charge >= 0.3 is 0 Å². The Morgan fingerprint density at radius 3 is 2.65 bits per heavy atom. The van der Waals surface area contributed by atoms with Gasteiger partial charge in [0.2, 0.25) is 0 Å². The summed E-state index contributed by atoms with van der Waals surface area (Å²) in [6.07, 6.45) is 3.25. The number of benzene rings is 1. The summed E-state index contributed by atoms with van der Waals surface area (Å²) in [5, 5.41) is 3.33. The van der Waals surface area contributed by atoms with Crippen LogP contribution < -0.4 is 19.7 Å². The Kier molecular flexibility index (Phi) is 5.26. The second kappa shape index (κ2) is 7.78. The molecular formula is C17H22N4O2. The Morgan fingerprint density at radius 1 is 1.13 bits per heavy atom. The van der Waals surface area contributed by atoms with Gasteiger partial charge in [-0.3, -0.25) is 0 Å². The van der Waals surface area contributed by atoms with E-state index in [9.17, 15) is 0 Å². The quantitative estimate of drug-likeness (QED) is 0.876.